The van der Waals surface area contributed by atoms with Gasteiger partial charge in [0.05, 0.1) is 25.1 Å². The number of hydrogen-bond acceptors (Lipinski definition) is 5. The average Bonchev–Trinajstić information content (AvgIpc) is 2.52. The standard InChI is InChI=1S/C16H29N3O4/c1-4-23-16(22)11-5-7-12(8-6-11)19-13(20)9-18-15(21)14(17)10(2)3/h10-12,14H,4-9,17H2,1-3H3,(H,18,21)(H,19,20)/t11?,12?,14-/m0/s1. The van der Waals surface area contributed by atoms with Gasteiger partial charge in [-0.15, -0.1) is 0 Å². The molecule has 1 fully saturated rings. The molecule has 7 nitrogen and oxygen atoms in total. The van der Waals surface area contributed by atoms with Gasteiger partial charge < -0.3 is 21.1 Å². The predicted octanol–water partition coefficient (Wildman–Crippen LogP) is 0.324. The zero-order valence-electron chi connectivity index (χ0n) is 14.3. The highest BCUT2D eigenvalue weighted by atomic mass is 16.5. The number of nitrogens with two attached hydrogens (primary N) is 1. The molecule has 7 heteroatoms. The van der Waals surface area contributed by atoms with E-state index in [1.54, 1.807) is 6.92 Å². The Labute approximate surface area is 137 Å². The monoisotopic (exact) mass is 327 g/mol. The van der Waals surface area contributed by atoms with Crippen molar-refractivity contribution in [3.63, 3.8) is 0 Å². The van der Waals surface area contributed by atoms with Crippen LogP contribution < -0.4 is 16.4 Å². The van der Waals surface area contributed by atoms with Gasteiger partial charge in [0.15, 0.2) is 0 Å². The first-order valence-corrected chi connectivity index (χ1v) is 8.34. The summed E-state index contributed by atoms with van der Waals surface area (Å²) in [6, 6.07) is -0.563. The van der Waals surface area contributed by atoms with E-state index in [0.29, 0.717) is 19.4 Å². The van der Waals surface area contributed by atoms with Crippen LogP contribution in [0, 0.1) is 11.8 Å². The van der Waals surface area contributed by atoms with Crippen molar-refractivity contribution in [1.29, 1.82) is 0 Å². The molecule has 0 aromatic carbocycles. The van der Waals surface area contributed by atoms with Crippen LogP contribution in [0.2, 0.25) is 0 Å². The molecule has 1 saturated carbocycles. The molecule has 0 spiro atoms. The summed E-state index contributed by atoms with van der Waals surface area (Å²) >= 11 is 0. The van der Waals surface area contributed by atoms with E-state index < -0.39 is 6.04 Å². The molecule has 0 radical (unpaired) electrons. The highest BCUT2D eigenvalue weighted by molar-refractivity contribution is 5.87. The minimum absolute atomic E-state index is 0.0243. The number of hydrogen-bond donors (Lipinski definition) is 3. The maximum atomic E-state index is 11.9. The van der Waals surface area contributed by atoms with Gasteiger partial charge in [-0.1, -0.05) is 13.8 Å². The van der Waals surface area contributed by atoms with Gasteiger partial charge in [-0.25, -0.2) is 0 Å². The van der Waals surface area contributed by atoms with Gasteiger partial charge in [0.1, 0.15) is 0 Å². The highest BCUT2D eigenvalue weighted by Crippen LogP contribution is 2.25. The molecule has 0 aliphatic heterocycles. The fourth-order valence-electron chi connectivity index (χ4n) is 2.60. The third kappa shape index (κ3) is 6.56. The quantitative estimate of drug-likeness (QED) is 0.583. The molecule has 1 aliphatic rings. The number of nitrogens with one attached hydrogen (secondary N) is 2. The second-order valence-corrected chi connectivity index (χ2v) is 6.36. The summed E-state index contributed by atoms with van der Waals surface area (Å²) in [5.41, 5.74) is 5.71. The lowest BCUT2D eigenvalue weighted by atomic mass is 9.86. The van der Waals surface area contributed by atoms with Crippen LogP contribution in [0.15, 0.2) is 0 Å². The van der Waals surface area contributed by atoms with Crippen LogP contribution in [-0.4, -0.2) is 43.0 Å². The topological polar surface area (TPSA) is 111 Å². The predicted molar refractivity (Wildman–Crippen MR) is 86.3 cm³/mol. The Balaban J connectivity index is 2.26. The Bertz CT molecular complexity index is 418. The van der Waals surface area contributed by atoms with Crippen molar-refractivity contribution >= 4 is 17.8 Å². The van der Waals surface area contributed by atoms with E-state index in [4.69, 9.17) is 10.5 Å². The lowest BCUT2D eigenvalue weighted by Crippen LogP contribution is -2.49. The average molecular weight is 327 g/mol. The number of carbonyl (C=O) groups is 3. The van der Waals surface area contributed by atoms with Gasteiger partial charge in [-0.05, 0) is 38.5 Å². The summed E-state index contributed by atoms with van der Waals surface area (Å²) in [6.07, 6.45) is 2.92. The second kappa shape index (κ2) is 9.50. The molecule has 23 heavy (non-hydrogen) atoms. The summed E-state index contributed by atoms with van der Waals surface area (Å²) < 4.78 is 5.02. The molecule has 132 valence electrons. The molecule has 1 atom stereocenters. The van der Waals surface area contributed by atoms with E-state index in [-0.39, 0.29) is 42.2 Å². The Hall–Kier alpha value is -1.63. The Morgan fingerprint density at radius 1 is 1.17 bits per heavy atom. The normalized spacial score (nSPS) is 22.3. The van der Waals surface area contributed by atoms with Crippen molar-refractivity contribution in [2.45, 2.75) is 58.5 Å². The summed E-state index contributed by atoms with van der Waals surface area (Å²) in [5, 5.41) is 5.43. The fourth-order valence-corrected chi connectivity index (χ4v) is 2.60. The van der Waals surface area contributed by atoms with E-state index in [9.17, 15) is 14.4 Å². The molecule has 1 aliphatic carbocycles. The van der Waals surface area contributed by atoms with Gasteiger partial charge in [0.2, 0.25) is 11.8 Å². The first-order chi connectivity index (χ1) is 10.8. The largest absolute Gasteiger partial charge is 0.466 e. The Morgan fingerprint density at radius 2 is 1.78 bits per heavy atom. The first kappa shape index (κ1) is 19.4. The molecule has 0 unspecified atom stereocenters. The second-order valence-electron chi connectivity index (χ2n) is 6.36. The van der Waals surface area contributed by atoms with Gasteiger partial charge in [0.25, 0.3) is 0 Å². The van der Waals surface area contributed by atoms with Gasteiger partial charge in [-0.2, -0.15) is 0 Å². The number of carbonyl (C=O) groups excluding carboxylic acids is 3. The van der Waals surface area contributed by atoms with Crippen LogP contribution in [0.5, 0.6) is 0 Å². The zero-order valence-corrected chi connectivity index (χ0v) is 14.3. The number of ether oxygens (including phenoxy) is 1. The molecule has 1 rings (SSSR count). The van der Waals surface area contributed by atoms with Crippen LogP contribution in [0.25, 0.3) is 0 Å². The molecule has 0 aromatic heterocycles. The van der Waals surface area contributed by atoms with E-state index >= 15 is 0 Å². The maximum absolute atomic E-state index is 11.9. The van der Waals surface area contributed by atoms with Crippen molar-refractivity contribution in [1.82, 2.24) is 10.6 Å². The smallest absolute Gasteiger partial charge is 0.308 e. The molecular weight excluding hydrogens is 298 g/mol. The summed E-state index contributed by atoms with van der Waals surface area (Å²) in [5.74, 6) is -0.731. The van der Waals surface area contributed by atoms with E-state index in [2.05, 4.69) is 10.6 Å². The zero-order chi connectivity index (χ0) is 17.4. The van der Waals surface area contributed by atoms with Crippen LogP contribution in [0.4, 0.5) is 0 Å². The van der Waals surface area contributed by atoms with Gasteiger partial charge >= 0.3 is 5.97 Å². The molecule has 2 amide bonds. The van der Waals surface area contributed by atoms with E-state index in [1.807, 2.05) is 13.8 Å². The number of amides is 2. The molecular formula is C16H29N3O4. The summed E-state index contributed by atoms with van der Waals surface area (Å²) in [4.78, 5) is 35.2. The first-order valence-electron chi connectivity index (χ1n) is 8.34. The van der Waals surface area contributed by atoms with Crippen molar-refractivity contribution in [2.24, 2.45) is 17.6 Å². The molecule has 4 N–H and O–H groups in total. The third-order valence-electron chi connectivity index (χ3n) is 4.16. The van der Waals surface area contributed by atoms with Crippen molar-refractivity contribution < 1.29 is 19.1 Å². The number of rotatable bonds is 7. The van der Waals surface area contributed by atoms with Crippen LogP contribution in [0.3, 0.4) is 0 Å². The fraction of sp³-hybridized carbons (Fsp3) is 0.812. The lowest BCUT2D eigenvalue weighted by molar-refractivity contribution is -0.149. The van der Waals surface area contributed by atoms with Gasteiger partial charge in [-0.3, -0.25) is 14.4 Å². The van der Waals surface area contributed by atoms with E-state index in [1.165, 1.54) is 0 Å². The van der Waals surface area contributed by atoms with Gasteiger partial charge in [0, 0.05) is 6.04 Å². The SMILES string of the molecule is CCOC(=O)C1CCC(NC(=O)CNC(=O)[C@@H](N)C(C)C)CC1. The Kier molecular flexibility index (Phi) is 8.02. The van der Waals surface area contributed by atoms with Crippen LogP contribution in [-0.2, 0) is 19.1 Å². The maximum Gasteiger partial charge on any atom is 0.308 e. The van der Waals surface area contributed by atoms with Crippen LogP contribution in [0.1, 0.15) is 46.5 Å². The van der Waals surface area contributed by atoms with Crippen molar-refractivity contribution in [3.05, 3.63) is 0 Å². The molecule has 0 aromatic rings. The summed E-state index contributed by atoms with van der Waals surface area (Å²) in [7, 11) is 0. The molecule has 0 bridgehead atoms. The van der Waals surface area contributed by atoms with Crippen LogP contribution >= 0.6 is 0 Å². The molecule has 0 saturated heterocycles. The number of esters is 1. The van der Waals surface area contributed by atoms with E-state index in [0.717, 1.165) is 12.8 Å². The highest BCUT2D eigenvalue weighted by Gasteiger charge is 2.28. The minimum atomic E-state index is -0.609. The van der Waals surface area contributed by atoms with Crippen molar-refractivity contribution in [2.75, 3.05) is 13.2 Å². The lowest BCUT2D eigenvalue weighted by Gasteiger charge is -2.28. The Morgan fingerprint density at radius 3 is 2.30 bits per heavy atom. The minimum Gasteiger partial charge on any atom is -0.466 e. The summed E-state index contributed by atoms with van der Waals surface area (Å²) in [6.45, 7) is 5.83. The van der Waals surface area contributed by atoms with Crippen molar-refractivity contribution in [3.8, 4) is 0 Å². The third-order valence-corrected chi connectivity index (χ3v) is 4.16. The molecule has 0 heterocycles.